The minimum atomic E-state index is 0. The lowest BCUT2D eigenvalue weighted by Crippen LogP contribution is -2.71. The Bertz CT molecular complexity index is 406. The number of carbonyl (C=O) groups excluding carboxylic acids is 1. The van der Waals surface area contributed by atoms with E-state index in [1.165, 1.54) is 0 Å². The van der Waals surface area contributed by atoms with Crippen LogP contribution >= 0.6 is 12.4 Å². The summed E-state index contributed by atoms with van der Waals surface area (Å²) in [7, 11) is 0. The number of carbonyl (C=O) groups is 1. The maximum absolute atomic E-state index is 12.3. The highest BCUT2D eigenvalue weighted by molar-refractivity contribution is 5.85. The van der Waals surface area contributed by atoms with E-state index in [1.54, 1.807) is 0 Å². The van der Waals surface area contributed by atoms with E-state index in [0.29, 0.717) is 5.54 Å². The average molecular weight is 331 g/mol. The number of rotatable bonds is 2. The minimum Gasteiger partial charge on any atom is -0.462 e. The third kappa shape index (κ3) is 2.99. The summed E-state index contributed by atoms with van der Waals surface area (Å²) >= 11 is 0. The van der Waals surface area contributed by atoms with Gasteiger partial charge in [0.25, 0.3) is 0 Å². The van der Waals surface area contributed by atoms with Crippen molar-refractivity contribution in [2.75, 3.05) is 13.1 Å². The van der Waals surface area contributed by atoms with E-state index in [4.69, 9.17) is 4.74 Å². The first-order chi connectivity index (χ1) is 10.2. The van der Waals surface area contributed by atoms with E-state index in [9.17, 15) is 4.79 Å². The van der Waals surface area contributed by atoms with Gasteiger partial charge in [-0.2, -0.15) is 0 Å². The third-order valence-electron chi connectivity index (χ3n) is 6.01. The highest BCUT2D eigenvalue weighted by Crippen LogP contribution is 2.36. The Labute approximate surface area is 137 Å². The number of halogens is 1. The van der Waals surface area contributed by atoms with Gasteiger partial charge in [-0.15, -0.1) is 12.4 Å². The number of hydrazine groups is 2. The van der Waals surface area contributed by atoms with E-state index < -0.39 is 0 Å². The third-order valence-corrected chi connectivity index (χ3v) is 6.01. The molecule has 0 aromatic rings. The Hall–Kier alpha value is -0.400. The van der Waals surface area contributed by atoms with Crippen LogP contribution < -0.4 is 21.7 Å². The molecular weight excluding hydrogens is 304 g/mol. The summed E-state index contributed by atoms with van der Waals surface area (Å²) in [5.41, 5.74) is 13.4. The van der Waals surface area contributed by atoms with Crippen LogP contribution in [0, 0.1) is 5.92 Å². The highest BCUT2D eigenvalue weighted by atomic mass is 35.5. The molecule has 22 heavy (non-hydrogen) atoms. The zero-order chi connectivity index (χ0) is 14.3. The first-order valence-corrected chi connectivity index (χ1v) is 8.39. The number of nitrogens with one attached hydrogen (secondary N) is 4. The molecule has 4 fully saturated rings. The molecule has 2 saturated carbocycles. The molecule has 2 heterocycles. The van der Waals surface area contributed by atoms with Crippen molar-refractivity contribution in [1.82, 2.24) is 21.7 Å². The second-order valence-electron chi connectivity index (χ2n) is 7.43. The molecule has 2 aliphatic carbocycles. The fraction of sp³-hybridized carbons (Fsp3) is 0.933. The first kappa shape index (κ1) is 16.5. The van der Waals surface area contributed by atoms with Gasteiger partial charge >= 0.3 is 5.97 Å². The van der Waals surface area contributed by atoms with Crippen LogP contribution in [0.25, 0.3) is 0 Å². The van der Waals surface area contributed by atoms with Crippen LogP contribution in [0.3, 0.4) is 0 Å². The molecule has 126 valence electrons. The maximum atomic E-state index is 12.3. The summed E-state index contributed by atoms with van der Waals surface area (Å²) < 4.78 is 5.79. The van der Waals surface area contributed by atoms with Crippen LogP contribution in [-0.2, 0) is 9.53 Å². The number of esters is 1. The number of hydrogen-bond donors (Lipinski definition) is 4. The SMILES string of the molecule is Cl.O=C(OC1CCC2(CC1)CNN2)C1CCC2(CC1)CNN2. The molecule has 2 saturated heterocycles. The van der Waals surface area contributed by atoms with Gasteiger partial charge in [-0.05, 0) is 51.4 Å². The van der Waals surface area contributed by atoms with Crippen LogP contribution in [0.2, 0.25) is 0 Å². The molecule has 6 nitrogen and oxygen atoms in total. The Kier molecular flexibility index (Phi) is 4.67. The van der Waals surface area contributed by atoms with Gasteiger partial charge in [-0.25, -0.2) is 0 Å². The Morgan fingerprint density at radius 3 is 1.73 bits per heavy atom. The molecule has 0 radical (unpaired) electrons. The zero-order valence-corrected chi connectivity index (χ0v) is 13.8. The van der Waals surface area contributed by atoms with Crippen molar-refractivity contribution in [2.24, 2.45) is 5.92 Å². The van der Waals surface area contributed by atoms with E-state index in [-0.39, 0.29) is 35.9 Å². The van der Waals surface area contributed by atoms with E-state index in [0.717, 1.165) is 64.5 Å². The standard InChI is InChI=1S/C15H26N4O2.ClH/c20-13(11-1-5-14(6-2-11)9-16-18-14)21-12-3-7-15(8-4-12)10-17-19-15;/h11-12,16-19H,1-10H2;1H. The molecule has 4 rings (SSSR count). The summed E-state index contributed by atoms with van der Waals surface area (Å²) in [5.74, 6) is 0.176. The molecule has 0 aromatic heterocycles. The Balaban J connectivity index is 0.00000144. The lowest BCUT2D eigenvalue weighted by molar-refractivity contribution is -0.159. The number of hydrogen-bond acceptors (Lipinski definition) is 6. The van der Waals surface area contributed by atoms with Gasteiger partial charge in [0.15, 0.2) is 0 Å². The van der Waals surface area contributed by atoms with Gasteiger partial charge < -0.3 is 4.74 Å². The van der Waals surface area contributed by atoms with Crippen molar-refractivity contribution in [2.45, 2.75) is 68.5 Å². The normalized spacial score (nSPS) is 43.8. The first-order valence-electron chi connectivity index (χ1n) is 8.39. The Morgan fingerprint density at radius 2 is 1.32 bits per heavy atom. The van der Waals surface area contributed by atoms with Crippen molar-refractivity contribution in [3.8, 4) is 0 Å². The average Bonchev–Trinajstić information content (AvgIpc) is 2.45. The maximum Gasteiger partial charge on any atom is 0.309 e. The van der Waals surface area contributed by atoms with E-state index >= 15 is 0 Å². The smallest absolute Gasteiger partial charge is 0.309 e. The fourth-order valence-corrected chi connectivity index (χ4v) is 4.21. The summed E-state index contributed by atoms with van der Waals surface area (Å²) in [5, 5.41) is 0. The summed E-state index contributed by atoms with van der Waals surface area (Å²) in [4.78, 5) is 12.3. The second-order valence-corrected chi connectivity index (χ2v) is 7.43. The monoisotopic (exact) mass is 330 g/mol. The largest absolute Gasteiger partial charge is 0.462 e. The molecule has 2 aliphatic heterocycles. The van der Waals surface area contributed by atoms with Gasteiger partial charge in [0, 0.05) is 24.2 Å². The molecule has 4 N–H and O–H groups in total. The second kappa shape index (κ2) is 6.24. The van der Waals surface area contributed by atoms with Gasteiger partial charge in [0.1, 0.15) is 6.10 Å². The molecule has 2 spiro atoms. The molecular formula is C15H27ClN4O2. The van der Waals surface area contributed by atoms with Crippen LogP contribution in [0.1, 0.15) is 51.4 Å². The van der Waals surface area contributed by atoms with Crippen LogP contribution in [0.15, 0.2) is 0 Å². The minimum absolute atomic E-state index is 0. The predicted molar refractivity (Wildman–Crippen MR) is 85.3 cm³/mol. The molecule has 0 atom stereocenters. The quantitative estimate of drug-likeness (QED) is 0.561. The highest BCUT2D eigenvalue weighted by Gasteiger charge is 2.44. The Morgan fingerprint density at radius 1 is 0.864 bits per heavy atom. The zero-order valence-electron chi connectivity index (χ0n) is 13.0. The van der Waals surface area contributed by atoms with E-state index in [1.807, 2.05) is 0 Å². The van der Waals surface area contributed by atoms with Crippen molar-refractivity contribution >= 4 is 18.4 Å². The predicted octanol–water partition coefficient (Wildman–Crippen LogP) is 0.777. The van der Waals surface area contributed by atoms with Crippen molar-refractivity contribution in [3.05, 3.63) is 0 Å². The molecule has 0 amide bonds. The van der Waals surface area contributed by atoms with Gasteiger partial charge in [0.2, 0.25) is 0 Å². The van der Waals surface area contributed by atoms with Gasteiger partial charge in [-0.3, -0.25) is 26.5 Å². The summed E-state index contributed by atoms with van der Waals surface area (Å²) in [6.07, 6.45) is 8.48. The topological polar surface area (TPSA) is 74.4 Å². The van der Waals surface area contributed by atoms with Crippen molar-refractivity contribution in [1.29, 1.82) is 0 Å². The van der Waals surface area contributed by atoms with Crippen LogP contribution in [-0.4, -0.2) is 36.2 Å². The molecule has 0 unspecified atom stereocenters. The van der Waals surface area contributed by atoms with Crippen LogP contribution in [0.5, 0.6) is 0 Å². The molecule has 0 aromatic carbocycles. The lowest BCUT2D eigenvalue weighted by Gasteiger charge is -2.48. The van der Waals surface area contributed by atoms with Gasteiger partial charge in [-0.1, -0.05) is 0 Å². The van der Waals surface area contributed by atoms with Crippen molar-refractivity contribution < 1.29 is 9.53 Å². The fourth-order valence-electron chi connectivity index (χ4n) is 4.21. The van der Waals surface area contributed by atoms with E-state index in [2.05, 4.69) is 21.7 Å². The summed E-state index contributed by atoms with van der Waals surface area (Å²) in [6.45, 7) is 2.10. The van der Waals surface area contributed by atoms with Crippen LogP contribution in [0.4, 0.5) is 0 Å². The van der Waals surface area contributed by atoms with Gasteiger partial charge in [0.05, 0.1) is 5.92 Å². The lowest BCUT2D eigenvalue weighted by atomic mass is 9.75. The van der Waals surface area contributed by atoms with Crippen molar-refractivity contribution in [3.63, 3.8) is 0 Å². The number of ether oxygens (including phenoxy) is 1. The molecule has 0 bridgehead atoms. The summed E-state index contributed by atoms with van der Waals surface area (Å²) in [6, 6.07) is 0. The molecule has 4 aliphatic rings. The molecule has 7 heteroatoms.